The highest BCUT2D eigenvalue weighted by Gasteiger charge is 2.32. The van der Waals surface area contributed by atoms with Gasteiger partial charge in [0.15, 0.2) is 11.5 Å². The second-order valence-corrected chi connectivity index (χ2v) is 13.5. The molecule has 0 radical (unpaired) electrons. The Labute approximate surface area is 286 Å². The molecule has 3 heterocycles. The third-order valence-electron chi connectivity index (χ3n) is 9.99. The summed E-state index contributed by atoms with van der Waals surface area (Å²) < 4.78 is 19.0. The molecule has 0 bridgehead atoms. The predicted molar refractivity (Wildman–Crippen MR) is 196 cm³/mol. The van der Waals surface area contributed by atoms with Crippen molar-refractivity contribution < 1.29 is 14.2 Å². The van der Waals surface area contributed by atoms with Crippen LogP contribution in [0, 0.1) is 5.92 Å². The smallest absolute Gasteiger partial charge is 0.162 e. The van der Waals surface area contributed by atoms with Crippen molar-refractivity contribution in [2.75, 3.05) is 45.7 Å². The maximum absolute atomic E-state index is 6.66. The quantitative estimate of drug-likeness (QED) is 0.185. The highest BCUT2D eigenvalue weighted by Crippen LogP contribution is 2.39. The topological polar surface area (TPSA) is 72.0 Å². The zero-order chi connectivity index (χ0) is 33.6. The Morgan fingerprint density at radius 3 is 2.50 bits per heavy atom. The van der Waals surface area contributed by atoms with Gasteiger partial charge in [0.25, 0.3) is 0 Å². The van der Waals surface area contributed by atoms with Crippen LogP contribution in [0.3, 0.4) is 0 Å². The third-order valence-corrected chi connectivity index (χ3v) is 9.99. The second-order valence-electron chi connectivity index (χ2n) is 13.5. The number of rotatable bonds is 13. The highest BCUT2D eigenvalue weighted by molar-refractivity contribution is 5.93. The Kier molecular flexibility index (Phi) is 10.7. The first-order valence-electron chi connectivity index (χ1n) is 17.6. The van der Waals surface area contributed by atoms with Gasteiger partial charge >= 0.3 is 0 Å². The number of nitrogens with one attached hydrogen (secondary N) is 1. The average Bonchev–Trinajstić information content (AvgIpc) is 3.05. The molecule has 0 amide bonds. The van der Waals surface area contributed by atoms with E-state index in [1.165, 1.54) is 36.1 Å². The minimum Gasteiger partial charge on any atom is -0.493 e. The number of benzene rings is 2. The lowest BCUT2D eigenvalue weighted by Gasteiger charge is -2.43. The molecule has 1 saturated carbocycles. The molecule has 8 nitrogen and oxygen atoms in total. The van der Waals surface area contributed by atoms with Crippen LogP contribution in [0.5, 0.6) is 17.2 Å². The van der Waals surface area contributed by atoms with Crippen molar-refractivity contribution in [1.29, 1.82) is 0 Å². The molecule has 48 heavy (non-hydrogen) atoms. The number of methoxy groups -OCH3 is 1. The number of fused-ring (bicyclic) bond motifs is 1. The molecule has 254 valence electrons. The number of ether oxygens (including phenoxy) is 3. The first kappa shape index (κ1) is 33.6. The summed E-state index contributed by atoms with van der Waals surface area (Å²) in [6.45, 7) is 14.4. The van der Waals surface area contributed by atoms with Crippen molar-refractivity contribution in [3.05, 3.63) is 84.4 Å². The maximum Gasteiger partial charge on any atom is 0.162 e. The van der Waals surface area contributed by atoms with Gasteiger partial charge in [-0.15, -0.1) is 0 Å². The molecule has 1 unspecified atom stereocenters. The first-order chi connectivity index (χ1) is 23.3. The van der Waals surface area contributed by atoms with Gasteiger partial charge in [-0.25, -0.2) is 9.97 Å². The molecule has 1 aliphatic carbocycles. The lowest BCUT2D eigenvalue weighted by Crippen LogP contribution is -2.53. The van der Waals surface area contributed by atoms with E-state index in [2.05, 4.69) is 90.9 Å². The molecule has 2 saturated heterocycles. The van der Waals surface area contributed by atoms with E-state index in [1.54, 1.807) is 13.4 Å². The number of likely N-dealkylation sites (tertiary alicyclic amines) is 2. The Morgan fingerprint density at radius 1 is 1.04 bits per heavy atom. The molecule has 8 heteroatoms. The molecule has 0 spiro atoms. The summed E-state index contributed by atoms with van der Waals surface area (Å²) in [5, 5.41) is 4.49. The van der Waals surface area contributed by atoms with Crippen molar-refractivity contribution in [3.63, 3.8) is 0 Å². The fraction of sp³-hybridized carbons (Fsp3) is 0.450. The van der Waals surface area contributed by atoms with Gasteiger partial charge < -0.3 is 29.3 Å². The fourth-order valence-electron chi connectivity index (χ4n) is 6.42. The Bertz CT molecular complexity index is 1690. The van der Waals surface area contributed by atoms with Crippen LogP contribution in [0.2, 0.25) is 0 Å². The normalized spacial score (nSPS) is 18.4. The van der Waals surface area contributed by atoms with Crippen molar-refractivity contribution in [2.45, 2.75) is 71.5 Å². The Balaban J connectivity index is 1.28. The molecule has 2 aliphatic heterocycles. The summed E-state index contributed by atoms with van der Waals surface area (Å²) in [5.74, 6) is 3.41. The summed E-state index contributed by atoms with van der Waals surface area (Å²) in [5.41, 5.74) is 6.74. The zero-order valence-electron chi connectivity index (χ0n) is 29.3. The van der Waals surface area contributed by atoms with Gasteiger partial charge in [-0.05, 0) is 93.0 Å². The monoisotopic (exact) mass is 649 g/mol. The van der Waals surface area contributed by atoms with Crippen LogP contribution < -0.4 is 19.5 Å². The number of allylic oxidation sites excluding steroid dienone is 6. The van der Waals surface area contributed by atoms with E-state index in [-0.39, 0.29) is 12.2 Å². The van der Waals surface area contributed by atoms with Crippen molar-refractivity contribution in [2.24, 2.45) is 5.92 Å². The molecular weight excluding hydrogens is 598 g/mol. The lowest BCUT2D eigenvalue weighted by molar-refractivity contribution is 0.0435. The first-order valence-corrected chi connectivity index (χ1v) is 17.6. The number of piperidine rings is 1. The van der Waals surface area contributed by atoms with Crippen molar-refractivity contribution in [1.82, 2.24) is 19.8 Å². The maximum atomic E-state index is 6.66. The molecule has 3 aromatic rings. The Hall–Kier alpha value is -4.30. The van der Waals surface area contributed by atoms with E-state index in [1.807, 2.05) is 18.2 Å². The van der Waals surface area contributed by atoms with Crippen LogP contribution in [0.25, 0.3) is 16.5 Å². The summed E-state index contributed by atoms with van der Waals surface area (Å²) in [6.07, 6.45) is 17.2. The lowest BCUT2D eigenvalue weighted by atomic mass is 9.89. The van der Waals surface area contributed by atoms with Crippen molar-refractivity contribution in [3.8, 4) is 17.2 Å². The molecule has 3 fully saturated rings. The number of hydrogen-bond acceptors (Lipinski definition) is 8. The minimum atomic E-state index is 0.0587. The van der Waals surface area contributed by atoms with Gasteiger partial charge in [-0.3, -0.25) is 0 Å². The third kappa shape index (κ3) is 7.70. The van der Waals surface area contributed by atoms with Crippen LogP contribution in [0.15, 0.2) is 78.8 Å². The van der Waals surface area contributed by atoms with E-state index < -0.39 is 0 Å². The van der Waals surface area contributed by atoms with Gasteiger partial charge in [0.2, 0.25) is 0 Å². The summed E-state index contributed by atoms with van der Waals surface area (Å²) in [6, 6.07) is 10.3. The molecule has 1 aromatic heterocycles. The number of anilines is 2. The number of aromatic nitrogens is 2. The molecule has 3 aliphatic rings. The van der Waals surface area contributed by atoms with E-state index in [4.69, 9.17) is 19.2 Å². The van der Waals surface area contributed by atoms with Gasteiger partial charge in [0.1, 0.15) is 30.1 Å². The van der Waals surface area contributed by atoms with Gasteiger partial charge in [0, 0.05) is 30.2 Å². The van der Waals surface area contributed by atoms with Crippen LogP contribution in [0.4, 0.5) is 11.5 Å². The Morgan fingerprint density at radius 2 is 1.81 bits per heavy atom. The zero-order valence-corrected chi connectivity index (χ0v) is 29.3. The number of hydrogen-bond donors (Lipinski definition) is 1. The van der Waals surface area contributed by atoms with Crippen molar-refractivity contribution >= 4 is 28.0 Å². The highest BCUT2D eigenvalue weighted by atomic mass is 16.5. The summed E-state index contributed by atoms with van der Waals surface area (Å²) in [4.78, 5) is 14.0. The fourth-order valence-corrected chi connectivity index (χ4v) is 6.42. The second kappa shape index (κ2) is 15.3. The van der Waals surface area contributed by atoms with Crippen LogP contribution in [0.1, 0.15) is 64.9 Å². The van der Waals surface area contributed by atoms with Gasteiger partial charge in [-0.1, -0.05) is 51.1 Å². The van der Waals surface area contributed by atoms with E-state index in [0.29, 0.717) is 23.2 Å². The van der Waals surface area contributed by atoms with Gasteiger partial charge in [0.05, 0.1) is 31.4 Å². The van der Waals surface area contributed by atoms with Gasteiger partial charge in [-0.2, -0.15) is 0 Å². The molecule has 6 rings (SSSR count). The minimum absolute atomic E-state index is 0.0587. The van der Waals surface area contributed by atoms with Crippen LogP contribution in [-0.2, 0) is 0 Å². The molecule has 1 N–H and O–H groups in total. The van der Waals surface area contributed by atoms with E-state index in [9.17, 15) is 0 Å². The SMILES string of the molecule is C=CC(=C1CCC1)N1CC(Oc2cc3c(Nc4cc(/C(C)=C/C=C\C(C)CC)ccc4OC4CCN(C)CC4)ncnc3cc2OC)C1. The van der Waals surface area contributed by atoms with Crippen LogP contribution in [-0.4, -0.2) is 72.3 Å². The average molecular weight is 650 g/mol. The predicted octanol–water partition coefficient (Wildman–Crippen LogP) is 8.55. The van der Waals surface area contributed by atoms with E-state index >= 15 is 0 Å². The van der Waals surface area contributed by atoms with E-state index in [0.717, 1.165) is 73.3 Å². The van der Waals surface area contributed by atoms with Crippen LogP contribution >= 0.6 is 0 Å². The summed E-state index contributed by atoms with van der Waals surface area (Å²) >= 11 is 0. The number of nitrogens with zero attached hydrogens (tertiary/aromatic N) is 4. The molecular formula is C40H51N5O3. The standard InChI is InChI=1S/C40H51N5O3/c1-7-27(3)11-9-12-28(4)30-15-16-37(47-31-17-19-44(5)20-18-31)35(21-30)43-40-33-22-39(38(46-6)23-34(33)41-26-42-40)48-32-24-45(25-32)36(8-2)29-13-10-14-29/h8-9,11-12,15-16,21-23,26-27,31-32H,2,7,10,13-14,17-20,24-25H2,1,3-6H3,(H,41,42,43)/b11-9-,28-12+. The summed E-state index contributed by atoms with van der Waals surface area (Å²) in [7, 11) is 3.84. The largest absolute Gasteiger partial charge is 0.493 e. The molecule has 2 aromatic carbocycles. The molecule has 1 atom stereocenters.